The molecule has 124 valence electrons. The molecular formula is C17H15Cl2N3OS. The van der Waals surface area contributed by atoms with Crippen molar-refractivity contribution < 1.29 is 4.74 Å². The van der Waals surface area contributed by atoms with Crippen molar-refractivity contribution in [1.29, 1.82) is 0 Å². The van der Waals surface area contributed by atoms with Crippen LogP contribution >= 0.6 is 35.0 Å². The molecule has 7 heteroatoms. The topological polar surface area (TPSA) is 50.8 Å². The molecule has 1 N–H and O–H groups in total. The van der Waals surface area contributed by atoms with Gasteiger partial charge in [-0.2, -0.15) is 0 Å². The number of halogens is 2. The van der Waals surface area contributed by atoms with Gasteiger partial charge in [0.1, 0.15) is 12.4 Å². The van der Waals surface area contributed by atoms with E-state index in [4.69, 9.17) is 27.9 Å². The van der Waals surface area contributed by atoms with Crippen molar-refractivity contribution in [2.45, 2.75) is 24.4 Å². The van der Waals surface area contributed by atoms with Crippen molar-refractivity contribution in [2.75, 3.05) is 0 Å². The number of hydrogen-bond acceptors (Lipinski definition) is 4. The number of aromatic amines is 1. The van der Waals surface area contributed by atoms with Gasteiger partial charge in [0.2, 0.25) is 5.16 Å². The molecule has 24 heavy (non-hydrogen) atoms. The molecule has 0 unspecified atom stereocenters. The molecule has 3 aromatic rings. The molecule has 0 aliphatic rings. The van der Waals surface area contributed by atoms with Gasteiger partial charge < -0.3 is 4.74 Å². The number of benzene rings is 2. The highest BCUT2D eigenvalue weighted by molar-refractivity contribution is 7.98. The Morgan fingerprint density at radius 2 is 1.92 bits per heavy atom. The van der Waals surface area contributed by atoms with Crippen molar-refractivity contribution in [3.05, 3.63) is 69.5 Å². The average Bonchev–Trinajstić information content (AvgIpc) is 3.03. The number of nitrogens with one attached hydrogen (secondary N) is 1. The van der Waals surface area contributed by atoms with E-state index in [-0.39, 0.29) is 0 Å². The van der Waals surface area contributed by atoms with E-state index >= 15 is 0 Å². The summed E-state index contributed by atoms with van der Waals surface area (Å²) in [5, 5.41) is 9.24. The lowest BCUT2D eigenvalue weighted by Crippen LogP contribution is -1.97. The summed E-state index contributed by atoms with van der Waals surface area (Å²) in [5.41, 5.74) is 2.15. The summed E-state index contributed by atoms with van der Waals surface area (Å²) in [7, 11) is 0. The molecule has 4 nitrogen and oxygen atoms in total. The summed E-state index contributed by atoms with van der Waals surface area (Å²) in [6.07, 6.45) is 0. The Morgan fingerprint density at radius 1 is 1.12 bits per heavy atom. The molecule has 0 bridgehead atoms. The quantitative estimate of drug-likeness (QED) is 0.591. The van der Waals surface area contributed by atoms with Crippen molar-refractivity contribution in [3.63, 3.8) is 0 Å². The minimum Gasteiger partial charge on any atom is -0.486 e. The Hall–Kier alpha value is -1.69. The van der Waals surface area contributed by atoms with E-state index in [1.807, 2.05) is 49.4 Å². The first-order chi connectivity index (χ1) is 11.6. The maximum Gasteiger partial charge on any atom is 0.208 e. The summed E-state index contributed by atoms with van der Waals surface area (Å²) in [5.74, 6) is 2.22. The maximum absolute atomic E-state index is 6.00. The number of aryl methyl sites for hydroxylation is 1. The molecule has 2 aromatic carbocycles. The maximum atomic E-state index is 6.00. The van der Waals surface area contributed by atoms with E-state index in [1.54, 1.807) is 11.8 Å². The van der Waals surface area contributed by atoms with Crippen LogP contribution in [-0.2, 0) is 12.4 Å². The van der Waals surface area contributed by atoms with E-state index in [0.29, 0.717) is 17.6 Å². The van der Waals surface area contributed by atoms with Gasteiger partial charge in [0.15, 0.2) is 5.82 Å². The Labute approximate surface area is 154 Å². The number of hydrogen-bond donors (Lipinski definition) is 1. The fraction of sp³-hybridized carbons (Fsp3) is 0.176. The highest BCUT2D eigenvalue weighted by Gasteiger charge is 2.06. The van der Waals surface area contributed by atoms with E-state index in [1.165, 1.54) is 5.56 Å². The van der Waals surface area contributed by atoms with E-state index < -0.39 is 0 Å². The first kappa shape index (κ1) is 17.1. The predicted molar refractivity (Wildman–Crippen MR) is 97.9 cm³/mol. The molecule has 1 aromatic heterocycles. The molecule has 0 aliphatic carbocycles. The van der Waals surface area contributed by atoms with Gasteiger partial charge in [0.05, 0.1) is 0 Å². The molecule has 3 rings (SSSR count). The predicted octanol–water partition coefficient (Wildman–Crippen LogP) is 5.29. The molecule has 0 saturated heterocycles. The molecule has 0 aliphatic heterocycles. The molecule has 0 saturated carbocycles. The molecular weight excluding hydrogens is 365 g/mol. The molecule has 1 heterocycles. The van der Waals surface area contributed by atoms with Gasteiger partial charge in [-0.25, -0.2) is 4.98 Å². The zero-order chi connectivity index (χ0) is 16.9. The van der Waals surface area contributed by atoms with Crippen LogP contribution in [0.25, 0.3) is 0 Å². The average molecular weight is 380 g/mol. The molecule has 0 amide bonds. The van der Waals surface area contributed by atoms with Gasteiger partial charge >= 0.3 is 0 Å². The van der Waals surface area contributed by atoms with Crippen LogP contribution in [0.15, 0.2) is 47.6 Å². The lowest BCUT2D eigenvalue weighted by atomic mass is 10.2. The van der Waals surface area contributed by atoms with Crippen LogP contribution < -0.4 is 4.74 Å². The van der Waals surface area contributed by atoms with Crippen LogP contribution in [0.2, 0.25) is 10.0 Å². The number of H-pyrrole nitrogens is 1. The lowest BCUT2D eigenvalue weighted by Gasteiger charge is -2.05. The van der Waals surface area contributed by atoms with Gasteiger partial charge in [0.25, 0.3) is 0 Å². The number of thioether (sulfide) groups is 1. The highest BCUT2D eigenvalue weighted by atomic mass is 35.5. The third kappa shape index (κ3) is 4.66. The minimum absolute atomic E-state index is 0.329. The van der Waals surface area contributed by atoms with E-state index in [0.717, 1.165) is 27.1 Å². The van der Waals surface area contributed by atoms with Gasteiger partial charge in [-0.05, 0) is 48.4 Å². The van der Waals surface area contributed by atoms with Crippen molar-refractivity contribution in [2.24, 2.45) is 0 Å². The summed E-state index contributed by atoms with van der Waals surface area (Å²) in [6.45, 7) is 2.27. The smallest absolute Gasteiger partial charge is 0.208 e. The van der Waals surface area contributed by atoms with E-state index in [9.17, 15) is 0 Å². The Bertz CT molecular complexity index is 821. The normalized spacial score (nSPS) is 10.8. The van der Waals surface area contributed by atoms with Gasteiger partial charge in [-0.3, -0.25) is 5.10 Å². The standard InChI is InChI=1S/C17H15Cl2N3OS/c1-11-8-14(6-7-15(11)19)23-9-16-20-17(22-21-16)24-10-12-2-4-13(18)5-3-12/h2-8H,9-10H2,1H3,(H,20,21,22). The number of nitrogens with zero attached hydrogens (tertiary/aromatic N) is 2. The van der Waals surface area contributed by atoms with Crippen LogP contribution in [0.3, 0.4) is 0 Å². The highest BCUT2D eigenvalue weighted by Crippen LogP contribution is 2.23. The van der Waals surface area contributed by atoms with Crippen molar-refractivity contribution in [1.82, 2.24) is 15.2 Å². The molecule has 0 radical (unpaired) electrons. The second kappa shape index (κ2) is 7.92. The number of ether oxygens (including phenoxy) is 1. The van der Waals surface area contributed by atoms with Crippen LogP contribution in [0.5, 0.6) is 5.75 Å². The Balaban J connectivity index is 1.53. The zero-order valence-electron chi connectivity index (χ0n) is 12.9. The number of aromatic nitrogens is 3. The second-order valence-electron chi connectivity index (χ2n) is 5.18. The molecule has 0 spiro atoms. The summed E-state index contributed by atoms with van der Waals surface area (Å²) < 4.78 is 5.70. The van der Waals surface area contributed by atoms with E-state index in [2.05, 4.69) is 15.2 Å². The first-order valence-electron chi connectivity index (χ1n) is 7.27. The van der Waals surface area contributed by atoms with Crippen LogP contribution in [-0.4, -0.2) is 15.2 Å². The van der Waals surface area contributed by atoms with Crippen LogP contribution in [0, 0.1) is 6.92 Å². The summed E-state index contributed by atoms with van der Waals surface area (Å²) in [6, 6.07) is 13.3. The fourth-order valence-corrected chi connectivity index (χ4v) is 3.01. The Kier molecular flexibility index (Phi) is 5.66. The van der Waals surface area contributed by atoms with Gasteiger partial charge in [0, 0.05) is 15.8 Å². The van der Waals surface area contributed by atoms with Crippen molar-refractivity contribution in [3.8, 4) is 5.75 Å². The largest absolute Gasteiger partial charge is 0.486 e. The summed E-state index contributed by atoms with van der Waals surface area (Å²) in [4.78, 5) is 4.42. The Morgan fingerprint density at radius 3 is 2.67 bits per heavy atom. The first-order valence-corrected chi connectivity index (χ1v) is 9.02. The number of rotatable bonds is 6. The van der Waals surface area contributed by atoms with Crippen LogP contribution in [0.4, 0.5) is 0 Å². The van der Waals surface area contributed by atoms with Crippen molar-refractivity contribution >= 4 is 35.0 Å². The van der Waals surface area contributed by atoms with Crippen LogP contribution in [0.1, 0.15) is 17.0 Å². The lowest BCUT2D eigenvalue weighted by molar-refractivity contribution is 0.296. The monoisotopic (exact) mass is 379 g/mol. The van der Waals surface area contributed by atoms with Gasteiger partial charge in [-0.15, -0.1) is 5.10 Å². The van der Waals surface area contributed by atoms with Gasteiger partial charge in [-0.1, -0.05) is 47.1 Å². The third-order valence-electron chi connectivity index (χ3n) is 3.30. The summed E-state index contributed by atoms with van der Waals surface area (Å²) >= 11 is 13.4. The fourth-order valence-electron chi connectivity index (χ4n) is 1.99. The minimum atomic E-state index is 0.329. The second-order valence-corrected chi connectivity index (χ2v) is 6.97. The SMILES string of the molecule is Cc1cc(OCc2nc(SCc3ccc(Cl)cc3)n[nH]2)ccc1Cl. The third-order valence-corrected chi connectivity index (χ3v) is 4.89. The molecule has 0 fully saturated rings. The zero-order valence-corrected chi connectivity index (χ0v) is 15.3. The molecule has 0 atom stereocenters.